The summed E-state index contributed by atoms with van der Waals surface area (Å²) < 4.78 is 0.546. The summed E-state index contributed by atoms with van der Waals surface area (Å²) in [6.07, 6.45) is 1.53. The van der Waals surface area contributed by atoms with Crippen LogP contribution < -0.4 is 11.1 Å². The maximum Gasteiger partial charge on any atom is 0.270 e. The first kappa shape index (κ1) is 20.1. The van der Waals surface area contributed by atoms with Crippen LogP contribution in [0, 0.1) is 13.7 Å². The van der Waals surface area contributed by atoms with Gasteiger partial charge in [-0.05, 0) is 41.5 Å². The molecule has 0 unspecified atom stereocenters. The van der Waals surface area contributed by atoms with Gasteiger partial charge in [0.2, 0.25) is 0 Å². The molecule has 0 heterocycles. The molecule has 1 aromatic carbocycles. The molecule has 1 rings (SSSR count). The van der Waals surface area contributed by atoms with Crippen LogP contribution in [0.15, 0.2) is 18.2 Å². The Labute approximate surface area is 143 Å². The Morgan fingerprint density at radius 1 is 1.43 bits per heavy atom. The fourth-order valence-electron chi connectivity index (χ4n) is 1.65. The third-order valence-corrected chi connectivity index (χ3v) is 4.31. The molecule has 8 heteroatoms. The van der Waals surface area contributed by atoms with Gasteiger partial charge in [-0.15, -0.1) is 12.4 Å². The van der Waals surface area contributed by atoms with Crippen LogP contribution >= 0.6 is 35.0 Å². The van der Waals surface area contributed by atoms with E-state index < -0.39 is 10.5 Å². The van der Waals surface area contributed by atoms with Gasteiger partial charge in [-0.3, -0.25) is 14.9 Å². The van der Waals surface area contributed by atoms with Gasteiger partial charge in [-0.1, -0.05) is 13.8 Å². The zero-order valence-electron chi connectivity index (χ0n) is 11.9. The van der Waals surface area contributed by atoms with Gasteiger partial charge in [0.1, 0.15) is 0 Å². The highest BCUT2D eigenvalue weighted by Crippen LogP contribution is 2.20. The minimum Gasteiger partial charge on any atom is -0.350 e. The summed E-state index contributed by atoms with van der Waals surface area (Å²) in [5, 5.41) is 13.4. The monoisotopic (exact) mass is 427 g/mol. The van der Waals surface area contributed by atoms with Crippen molar-refractivity contribution in [3.8, 4) is 0 Å². The molecule has 6 nitrogen and oxygen atoms in total. The number of non-ortho nitro benzene ring substituents is 1. The van der Waals surface area contributed by atoms with E-state index in [1.165, 1.54) is 18.2 Å². The number of nitrogens with two attached hydrogens (primary N) is 1. The van der Waals surface area contributed by atoms with Crippen LogP contribution in [0.5, 0.6) is 0 Å². The number of rotatable bonds is 6. The highest BCUT2D eigenvalue weighted by molar-refractivity contribution is 14.1. The number of halogens is 2. The number of nitrogens with one attached hydrogen (secondary N) is 1. The van der Waals surface area contributed by atoms with E-state index in [9.17, 15) is 14.9 Å². The van der Waals surface area contributed by atoms with Gasteiger partial charge < -0.3 is 11.1 Å². The van der Waals surface area contributed by atoms with Crippen molar-refractivity contribution in [3.63, 3.8) is 0 Å². The van der Waals surface area contributed by atoms with Crippen LogP contribution in [0.2, 0.25) is 0 Å². The average Bonchev–Trinajstić information content (AvgIpc) is 2.44. The third kappa shape index (κ3) is 5.40. The second kappa shape index (κ2) is 8.50. The van der Waals surface area contributed by atoms with Gasteiger partial charge >= 0.3 is 0 Å². The van der Waals surface area contributed by atoms with Crippen molar-refractivity contribution in [2.75, 3.05) is 6.54 Å². The van der Waals surface area contributed by atoms with Gasteiger partial charge in [0.15, 0.2) is 0 Å². The molecule has 0 saturated carbocycles. The van der Waals surface area contributed by atoms with Gasteiger partial charge in [0, 0.05) is 27.8 Å². The quantitative estimate of drug-likeness (QED) is 0.414. The Bertz CT molecular complexity index is 521. The molecule has 0 aliphatic rings. The lowest BCUT2D eigenvalue weighted by Gasteiger charge is -2.26. The summed E-state index contributed by atoms with van der Waals surface area (Å²) in [7, 11) is 0. The predicted octanol–water partition coefficient (Wildman–Crippen LogP) is 2.87. The zero-order valence-corrected chi connectivity index (χ0v) is 14.9. The first-order chi connectivity index (χ1) is 9.33. The third-order valence-electron chi connectivity index (χ3n) is 3.42. The van der Waals surface area contributed by atoms with E-state index >= 15 is 0 Å². The first-order valence-corrected chi connectivity index (χ1v) is 7.42. The molecule has 3 N–H and O–H groups in total. The Kier molecular flexibility index (Phi) is 8.12. The van der Waals surface area contributed by atoms with Crippen molar-refractivity contribution < 1.29 is 9.72 Å². The smallest absolute Gasteiger partial charge is 0.270 e. The maximum atomic E-state index is 12.1. The maximum absolute atomic E-state index is 12.1. The summed E-state index contributed by atoms with van der Waals surface area (Å²) in [6.45, 7) is 4.34. The van der Waals surface area contributed by atoms with Crippen molar-refractivity contribution in [1.29, 1.82) is 0 Å². The molecule has 0 aliphatic heterocycles. The van der Waals surface area contributed by atoms with Crippen LogP contribution in [-0.2, 0) is 0 Å². The summed E-state index contributed by atoms with van der Waals surface area (Å²) in [6, 6.07) is 4.17. The number of hydrogen-bond acceptors (Lipinski definition) is 4. The van der Waals surface area contributed by atoms with Gasteiger partial charge in [-0.2, -0.15) is 0 Å². The van der Waals surface area contributed by atoms with E-state index in [0.29, 0.717) is 15.7 Å². The van der Waals surface area contributed by atoms with E-state index in [-0.39, 0.29) is 24.0 Å². The topological polar surface area (TPSA) is 98.3 Å². The van der Waals surface area contributed by atoms with Gasteiger partial charge in [0.25, 0.3) is 11.6 Å². The summed E-state index contributed by atoms with van der Waals surface area (Å²) in [5.74, 6) is -0.263. The lowest BCUT2D eigenvalue weighted by Crippen LogP contribution is -2.49. The number of nitrogens with zero attached hydrogens (tertiary/aromatic N) is 1. The molecular weight excluding hydrogens is 409 g/mol. The summed E-state index contributed by atoms with van der Waals surface area (Å²) >= 11 is 1.92. The van der Waals surface area contributed by atoms with E-state index in [0.717, 1.165) is 12.8 Å². The minimum atomic E-state index is -0.483. The lowest BCUT2D eigenvalue weighted by atomic mass is 9.94. The van der Waals surface area contributed by atoms with Gasteiger partial charge in [0.05, 0.1) is 10.5 Å². The average molecular weight is 428 g/mol. The number of carbonyl (C=O) groups is 1. The van der Waals surface area contributed by atoms with Crippen molar-refractivity contribution in [3.05, 3.63) is 37.4 Å². The van der Waals surface area contributed by atoms with Crippen LogP contribution in [-0.4, -0.2) is 22.9 Å². The summed E-state index contributed by atoms with van der Waals surface area (Å²) in [5.41, 5.74) is 6.10. The molecule has 0 aromatic heterocycles. The van der Waals surface area contributed by atoms with Crippen molar-refractivity contribution in [1.82, 2.24) is 5.32 Å². The molecule has 0 radical (unpaired) electrons. The molecule has 21 heavy (non-hydrogen) atoms. The lowest BCUT2D eigenvalue weighted by molar-refractivity contribution is -0.384. The molecule has 0 bridgehead atoms. The Hall–Kier alpha value is -0.930. The second-order valence-electron chi connectivity index (χ2n) is 4.67. The molecule has 0 aliphatic carbocycles. The second-order valence-corrected chi connectivity index (χ2v) is 5.84. The molecular formula is C13H19ClIN3O3. The van der Waals surface area contributed by atoms with Crippen LogP contribution in [0.1, 0.15) is 37.0 Å². The largest absolute Gasteiger partial charge is 0.350 e. The van der Waals surface area contributed by atoms with Crippen molar-refractivity contribution in [2.24, 2.45) is 5.73 Å². The SMILES string of the molecule is CCC(N)(CC)CNC(=O)c1ccc([N+](=O)[O-])cc1I.Cl. The highest BCUT2D eigenvalue weighted by atomic mass is 127. The standard InChI is InChI=1S/C13H18IN3O3.ClH/c1-3-13(15,4-2)8-16-12(18)10-6-5-9(17(19)20)7-11(10)14;/h5-7H,3-4,8,15H2,1-2H3,(H,16,18);1H. The first-order valence-electron chi connectivity index (χ1n) is 6.34. The van der Waals surface area contributed by atoms with E-state index in [1.807, 2.05) is 36.4 Å². The molecule has 0 spiro atoms. The van der Waals surface area contributed by atoms with Crippen LogP contribution in [0.3, 0.4) is 0 Å². The van der Waals surface area contributed by atoms with Gasteiger partial charge in [-0.25, -0.2) is 0 Å². The number of carbonyl (C=O) groups excluding carboxylic acids is 1. The van der Waals surface area contributed by atoms with Crippen molar-refractivity contribution >= 4 is 46.6 Å². The molecule has 0 atom stereocenters. The fraction of sp³-hybridized carbons (Fsp3) is 0.462. The van der Waals surface area contributed by atoms with E-state index in [1.54, 1.807) is 0 Å². The molecule has 1 amide bonds. The Morgan fingerprint density at radius 2 is 2.00 bits per heavy atom. The van der Waals surface area contributed by atoms with Crippen LogP contribution in [0.25, 0.3) is 0 Å². The Balaban J connectivity index is 0.00000400. The predicted molar refractivity (Wildman–Crippen MR) is 92.9 cm³/mol. The molecule has 0 fully saturated rings. The number of hydrogen-bond donors (Lipinski definition) is 2. The number of amides is 1. The molecule has 0 saturated heterocycles. The number of benzene rings is 1. The highest BCUT2D eigenvalue weighted by Gasteiger charge is 2.22. The summed E-state index contributed by atoms with van der Waals surface area (Å²) in [4.78, 5) is 22.3. The zero-order chi connectivity index (χ0) is 15.3. The molecule has 1 aromatic rings. The molecule has 118 valence electrons. The van der Waals surface area contributed by atoms with Crippen LogP contribution in [0.4, 0.5) is 5.69 Å². The van der Waals surface area contributed by atoms with E-state index in [4.69, 9.17) is 5.73 Å². The Morgan fingerprint density at radius 3 is 2.43 bits per heavy atom. The normalized spacial score (nSPS) is 10.7. The van der Waals surface area contributed by atoms with E-state index in [2.05, 4.69) is 5.32 Å². The minimum absolute atomic E-state index is 0. The number of nitro benzene ring substituents is 1. The fourth-order valence-corrected chi connectivity index (χ4v) is 2.40. The van der Waals surface area contributed by atoms with Crippen molar-refractivity contribution in [2.45, 2.75) is 32.2 Å². The number of nitro groups is 1.